The van der Waals surface area contributed by atoms with Crippen molar-refractivity contribution in [2.75, 3.05) is 25.1 Å². The number of unbranched alkanes of at least 4 members (excludes halogenated alkanes) is 2. The molecule has 0 saturated heterocycles. The summed E-state index contributed by atoms with van der Waals surface area (Å²) in [5, 5.41) is 3.18. The molecule has 1 heterocycles. The van der Waals surface area contributed by atoms with Crippen LogP contribution < -0.4 is 10.0 Å². The Bertz CT molecular complexity index is 486. The second-order valence-electron chi connectivity index (χ2n) is 4.85. The number of furan rings is 1. The Balaban J connectivity index is 2.36. The largest absolute Gasteiger partial charge is 0.447 e. The van der Waals surface area contributed by atoms with Crippen LogP contribution in [0.2, 0.25) is 0 Å². The average molecular weight is 335 g/mol. The van der Waals surface area contributed by atoms with Gasteiger partial charge in [0.25, 0.3) is 10.0 Å². The molecule has 0 radical (unpaired) electrons. The van der Waals surface area contributed by atoms with Gasteiger partial charge < -0.3 is 9.73 Å². The van der Waals surface area contributed by atoms with Crippen molar-refractivity contribution < 1.29 is 12.8 Å². The smallest absolute Gasteiger partial charge is 0.273 e. The fraction of sp³-hybridized carbons (Fsp3) is 0.714. The van der Waals surface area contributed by atoms with Gasteiger partial charge in [0, 0.05) is 6.54 Å². The zero-order valence-corrected chi connectivity index (χ0v) is 14.5. The maximum atomic E-state index is 12.0. The quantitative estimate of drug-likeness (QED) is 0.575. The minimum atomic E-state index is -3.51. The third kappa shape index (κ3) is 7.35. The second kappa shape index (κ2) is 10.3. The first-order valence-corrected chi connectivity index (χ1v) is 10.3. The highest BCUT2D eigenvalue weighted by Gasteiger charge is 2.17. The molecule has 1 aromatic rings. The van der Waals surface area contributed by atoms with Crippen molar-refractivity contribution in [3.8, 4) is 0 Å². The molecule has 0 aliphatic carbocycles. The standard InChI is InChI=1S/C14H26N2O3S2/c1-3-9-15-12-13-7-8-14(19-13)21(17,18)16-10-5-4-6-11-20-2/h7-8,15-16H,3-6,9-12H2,1-2H3. The third-order valence-corrected chi connectivity index (χ3v) is 4.98. The molecule has 0 aliphatic heterocycles. The minimum absolute atomic E-state index is 0.0000813. The van der Waals surface area contributed by atoms with E-state index in [2.05, 4.69) is 23.2 Å². The van der Waals surface area contributed by atoms with E-state index >= 15 is 0 Å². The SMILES string of the molecule is CCCNCc1ccc(S(=O)(=O)NCCCCCSC)o1. The van der Waals surface area contributed by atoms with Gasteiger partial charge in [0.15, 0.2) is 0 Å². The van der Waals surface area contributed by atoms with Crippen LogP contribution >= 0.6 is 11.8 Å². The van der Waals surface area contributed by atoms with Crippen LogP contribution in [-0.2, 0) is 16.6 Å². The minimum Gasteiger partial charge on any atom is -0.447 e. The molecule has 1 rings (SSSR count). The first-order valence-electron chi connectivity index (χ1n) is 7.38. The topological polar surface area (TPSA) is 71.3 Å². The van der Waals surface area contributed by atoms with E-state index in [-0.39, 0.29) is 5.09 Å². The number of hydrogen-bond acceptors (Lipinski definition) is 5. The maximum absolute atomic E-state index is 12.0. The lowest BCUT2D eigenvalue weighted by Gasteiger charge is -2.04. The average Bonchev–Trinajstić information content (AvgIpc) is 2.93. The Morgan fingerprint density at radius 1 is 1.19 bits per heavy atom. The number of nitrogens with one attached hydrogen (secondary N) is 2. The Hall–Kier alpha value is -0.500. The summed E-state index contributed by atoms with van der Waals surface area (Å²) in [7, 11) is -3.51. The van der Waals surface area contributed by atoms with Crippen molar-refractivity contribution in [2.45, 2.75) is 44.2 Å². The van der Waals surface area contributed by atoms with Crippen molar-refractivity contribution in [1.29, 1.82) is 0 Å². The van der Waals surface area contributed by atoms with E-state index in [0.717, 1.165) is 38.0 Å². The molecule has 0 saturated carbocycles. The van der Waals surface area contributed by atoms with E-state index in [1.807, 2.05) is 11.8 Å². The highest BCUT2D eigenvalue weighted by Crippen LogP contribution is 2.13. The third-order valence-electron chi connectivity index (χ3n) is 2.95. The number of sulfonamides is 1. The summed E-state index contributed by atoms with van der Waals surface area (Å²) in [6.07, 6.45) is 6.12. The van der Waals surface area contributed by atoms with Gasteiger partial charge in [-0.1, -0.05) is 13.3 Å². The molecule has 0 aromatic carbocycles. The summed E-state index contributed by atoms with van der Waals surface area (Å²) in [6, 6.07) is 3.22. The van der Waals surface area contributed by atoms with Crippen LogP contribution in [0.5, 0.6) is 0 Å². The Morgan fingerprint density at radius 3 is 2.71 bits per heavy atom. The van der Waals surface area contributed by atoms with Gasteiger partial charge in [-0.25, -0.2) is 13.1 Å². The van der Waals surface area contributed by atoms with Gasteiger partial charge in [-0.2, -0.15) is 11.8 Å². The van der Waals surface area contributed by atoms with Gasteiger partial charge in [-0.15, -0.1) is 0 Å². The summed E-state index contributed by atoms with van der Waals surface area (Å²) in [6.45, 7) is 3.98. The Morgan fingerprint density at radius 2 is 2.00 bits per heavy atom. The van der Waals surface area contributed by atoms with Crippen LogP contribution in [0.3, 0.4) is 0 Å². The molecule has 0 bridgehead atoms. The number of thioether (sulfide) groups is 1. The number of hydrogen-bond donors (Lipinski definition) is 2. The van der Waals surface area contributed by atoms with E-state index in [1.54, 1.807) is 6.07 Å². The lowest BCUT2D eigenvalue weighted by atomic mass is 10.2. The molecule has 21 heavy (non-hydrogen) atoms. The summed E-state index contributed by atoms with van der Waals surface area (Å²) < 4.78 is 32.0. The van der Waals surface area contributed by atoms with Gasteiger partial charge in [0.1, 0.15) is 5.76 Å². The van der Waals surface area contributed by atoms with E-state index in [4.69, 9.17) is 4.42 Å². The predicted octanol–water partition coefficient (Wildman–Crippen LogP) is 2.59. The lowest BCUT2D eigenvalue weighted by Crippen LogP contribution is -2.24. The Labute approximate surface area is 132 Å². The van der Waals surface area contributed by atoms with E-state index in [9.17, 15) is 8.42 Å². The summed E-state index contributed by atoms with van der Waals surface area (Å²) in [5.74, 6) is 1.77. The van der Waals surface area contributed by atoms with Crippen molar-refractivity contribution in [3.63, 3.8) is 0 Å². The fourth-order valence-electron chi connectivity index (χ4n) is 1.81. The molecule has 122 valence electrons. The highest BCUT2D eigenvalue weighted by molar-refractivity contribution is 7.98. The van der Waals surface area contributed by atoms with Crippen LogP contribution in [0, 0.1) is 0 Å². The molecule has 0 unspecified atom stereocenters. The molecule has 7 heteroatoms. The van der Waals surface area contributed by atoms with Crippen LogP contribution in [0.25, 0.3) is 0 Å². The van der Waals surface area contributed by atoms with Gasteiger partial charge >= 0.3 is 0 Å². The number of rotatable bonds is 12. The first-order chi connectivity index (χ1) is 10.1. The lowest BCUT2D eigenvalue weighted by molar-refractivity contribution is 0.400. The maximum Gasteiger partial charge on any atom is 0.273 e. The predicted molar refractivity (Wildman–Crippen MR) is 88.1 cm³/mol. The van der Waals surface area contributed by atoms with Gasteiger partial charge in [-0.05, 0) is 49.9 Å². The van der Waals surface area contributed by atoms with Crippen LogP contribution in [0.1, 0.15) is 38.4 Å². The van der Waals surface area contributed by atoms with Crippen molar-refractivity contribution in [2.24, 2.45) is 0 Å². The van der Waals surface area contributed by atoms with E-state index in [0.29, 0.717) is 18.8 Å². The fourth-order valence-corrected chi connectivity index (χ4v) is 3.32. The molecule has 5 nitrogen and oxygen atoms in total. The van der Waals surface area contributed by atoms with Crippen molar-refractivity contribution in [1.82, 2.24) is 10.0 Å². The zero-order chi connectivity index (χ0) is 15.6. The van der Waals surface area contributed by atoms with Crippen LogP contribution in [0.4, 0.5) is 0 Å². The molecule has 2 N–H and O–H groups in total. The van der Waals surface area contributed by atoms with Crippen molar-refractivity contribution in [3.05, 3.63) is 17.9 Å². The monoisotopic (exact) mass is 334 g/mol. The van der Waals surface area contributed by atoms with Gasteiger partial charge in [0.2, 0.25) is 5.09 Å². The van der Waals surface area contributed by atoms with Crippen molar-refractivity contribution >= 4 is 21.8 Å². The highest BCUT2D eigenvalue weighted by atomic mass is 32.2. The second-order valence-corrected chi connectivity index (χ2v) is 7.53. The molecule has 0 atom stereocenters. The molecule has 1 aromatic heterocycles. The molecular formula is C14H26N2O3S2. The molecular weight excluding hydrogens is 308 g/mol. The summed E-state index contributed by atoms with van der Waals surface area (Å²) in [5.41, 5.74) is 0. The molecule has 0 amide bonds. The summed E-state index contributed by atoms with van der Waals surface area (Å²) >= 11 is 1.81. The van der Waals surface area contributed by atoms with Gasteiger partial charge in [0.05, 0.1) is 6.54 Å². The van der Waals surface area contributed by atoms with Crippen LogP contribution in [-0.4, -0.2) is 33.5 Å². The van der Waals surface area contributed by atoms with E-state index < -0.39 is 10.0 Å². The molecule has 0 aliphatic rings. The molecule has 0 fully saturated rings. The summed E-state index contributed by atoms with van der Waals surface area (Å²) in [4.78, 5) is 0. The molecule has 0 spiro atoms. The van der Waals surface area contributed by atoms with Crippen LogP contribution in [0.15, 0.2) is 21.6 Å². The zero-order valence-electron chi connectivity index (χ0n) is 12.9. The normalized spacial score (nSPS) is 11.9. The van der Waals surface area contributed by atoms with Gasteiger partial charge in [-0.3, -0.25) is 0 Å². The first kappa shape index (κ1) is 18.5. The Kier molecular flexibility index (Phi) is 9.07. The van der Waals surface area contributed by atoms with E-state index in [1.165, 1.54) is 6.07 Å².